The molecular formula is C18H23N3O3. The molecule has 0 aliphatic carbocycles. The molecule has 2 N–H and O–H groups in total. The zero-order chi connectivity index (χ0) is 17.9. The highest BCUT2D eigenvalue weighted by atomic mass is 16.5. The fraction of sp³-hybridized carbons (Fsp3) is 0.389. The summed E-state index contributed by atoms with van der Waals surface area (Å²) in [5, 5.41) is 12.4. The van der Waals surface area contributed by atoms with Gasteiger partial charge in [0.1, 0.15) is 5.82 Å². The number of nitrogens with one attached hydrogen (secondary N) is 1. The average Bonchev–Trinajstić information content (AvgIpc) is 2.53. The number of carbonyl (C=O) groups is 1. The molecule has 128 valence electrons. The summed E-state index contributed by atoms with van der Waals surface area (Å²) in [6.45, 7) is 8.72. The van der Waals surface area contributed by atoms with Gasteiger partial charge in [0.2, 0.25) is 0 Å². The zero-order valence-corrected chi connectivity index (χ0v) is 14.7. The van der Waals surface area contributed by atoms with Crippen LogP contribution in [0.2, 0.25) is 0 Å². The predicted molar refractivity (Wildman–Crippen MR) is 92.7 cm³/mol. The molecule has 0 aliphatic heterocycles. The SMILES string of the molecule is COc1nc(NCc2ccc(C(C)(C)C)cc2)c(C)c(C(=O)O)n1. The Morgan fingerprint density at radius 1 is 1.21 bits per heavy atom. The molecule has 6 heteroatoms. The van der Waals surface area contributed by atoms with Crippen LogP contribution in [0, 0.1) is 6.92 Å². The number of hydrogen-bond donors (Lipinski definition) is 2. The van der Waals surface area contributed by atoms with E-state index in [-0.39, 0.29) is 17.1 Å². The summed E-state index contributed by atoms with van der Waals surface area (Å²) >= 11 is 0. The number of methoxy groups -OCH3 is 1. The first-order valence-electron chi connectivity index (χ1n) is 7.71. The van der Waals surface area contributed by atoms with E-state index in [0.717, 1.165) is 5.56 Å². The molecule has 0 aliphatic rings. The first-order valence-corrected chi connectivity index (χ1v) is 7.71. The Bertz CT molecular complexity index is 734. The lowest BCUT2D eigenvalue weighted by atomic mass is 9.87. The number of nitrogens with zero attached hydrogens (tertiary/aromatic N) is 2. The van der Waals surface area contributed by atoms with Gasteiger partial charge in [-0.25, -0.2) is 4.79 Å². The number of benzene rings is 1. The van der Waals surface area contributed by atoms with Crippen LogP contribution in [-0.2, 0) is 12.0 Å². The van der Waals surface area contributed by atoms with Crippen molar-refractivity contribution in [3.63, 3.8) is 0 Å². The van der Waals surface area contributed by atoms with Crippen LogP contribution in [0.4, 0.5) is 5.82 Å². The summed E-state index contributed by atoms with van der Waals surface area (Å²) in [6, 6.07) is 8.35. The molecule has 0 unspecified atom stereocenters. The van der Waals surface area contributed by atoms with Crippen LogP contribution in [0.15, 0.2) is 24.3 Å². The van der Waals surface area contributed by atoms with Crippen molar-refractivity contribution >= 4 is 11.8 Å². The second-order valence-electron chi connectivity index (χ2n) is 6.64. The standard InChI is InChI=1S/C18H23N3O3/c1-11-14(16(22)23)20-17(24-5)21-15(11)19-10-12-6-8-13(9-7-12)18(2,3)4/h6-9H,10H2,1-5H3,(H,22,23)(H,19,20,21). The van der Waals surface area contributed by atoms with Gasteiger partial charge >= 0.3 is 12.0 Å². The molecular weight excluding hydrogens is 306 g/mol. The topological polar surface area (TPSA) is 84.3 Å². The van der Waals surface area contributed by atoms with E-state index in [1.165, 1.54) is 12.7 Å². The van der Waals surface area contributed by atoms with Gasteiger partial charge in [-0.05, 0) is 23.5 Å². The van der Waals surface area contributed by atoms with E-state index in [4.69, 9.17) is 4.74 Å². The van der Waals surface area contributed by atoms with E-state index >= 15 is 0 Å². The zero-order valence-electron chi connectivity index (χ0n) is 14.7. The van der Waals surface area contributed by atoms with Crippen LogP contribution in [0.3, 0.4) is 0 Å². The third kappa shape index (κ3) is 4.01. The van der Waals surface area contributed by atoms with Crippen molar-refractivity contribution in [3.05, 3.63) is 46.6 Å². The first kappa shape index (κ1) is 17.7. The number of rotatable bonds is 5. The Hall–Kier alpha value is -2.63. The number of carboxylic acids is 1. The summed E-state index contributed by atoms with van der Waals surface area (Å²) in [4.78, 5) is 19.3. The first-order chi connectivity index (χ1) is 11.2. The molecule has 1 aromatic heterocycles. The third-order valence-electron chi connectivity index (χ3n) is 3.79. The number of carboxylic acid groups (broad SMARTS) is 1. The van der Waals surface area contributed by atoms with Gasteiger partial charge in [0, 0.05) is 12.1 Å². The van der Waals surface area contributed by atoms with Gasteiger partial charge in [0.25, 0.3) is 0 Å². The van der Waals surface area contributed by atoms with E-state index in [2.05, 4.69) is 60.3 Å². The Labute approximate surface area is 141 Å². The second-order valence-corrected chi connectivity index (χ2v) is 6.64. The number of anilines is 1. The Kier molecular flexibility index (Phi) is 5.07. The molecule has 0 saturated heterocycles. The van der Waals surface area contributed by atoms with Crippen molar-refractivity contribution in [1.82, 2.24) is 9.97 Å². The lowest BCUT2D eigenvalue weighted by molar-refractivity contribution is 0.0688. The average molecular weight is 329 g/mol. The van der Waals surface area contributed by atoms with Crippen LogP contribution >= 0.6 is 0 Å². The fourth-order valence-electron chi connectivity index (χ4n) is 2.28. The van der Waals surface area contributed by atoms with Crippen molar-refractivity contribution < 1.29 is 14.6 Å². The molecule has 0 saturated carbocycles. The summed E-state index contributed by atoms with van der Waals surface area (Å²) in [7, 11) is 1.41. The van der Waals surface area contributed by atoms with Gasteiger partial charge < -0.3 is 15.2 Å². The number of aromatic nitrogens is 2. The molecule has 6 nitrogen and oxygen atoms in total. The largest absolute Gasteiger partial charge is 0.476 e. The highest BCUT2D eigenvalue weighted by molar-refractivity contribution is 5.88. The van der Waals surface area contributed by atoms with Crippen molar-refractivity contribution in [2.24, 2.45) is 0 Å². The second kappa shape index (κ2) is 6.86. The Balaban J connectivity index is 2.20. The van der Waals surface area contributed by atoms with E-state index in [1.807, 2.05) is 0 Å². The van der Waals surface area contributed by atoms with E-state index in [1.54, 1.807) is 6.92 Å². The molecule has 24 heavy (non-hydrogen) atoms. The lowest BCUT2D eigenvalue weighted by Crippen LogP contribution is -2.12. The smallest absolute Gasteiger partial charge is 0.355 e. The highest BCUT2D eigenvalue weighted by Gasteiger charge is 2.17. The molecule has 0 spiro atoms. The normalized spacial score (nSPS) is 11.2. The predicted octanol–water partition coefficient (Wildman–Crippen LogP) is 3.40. The molecule has 0 atom stereocenters. The van der Waals surface area contributed by atoms with Gasteiger partial charge in [-0.3, -0.25) is 0 Å². The van der Waals surface area contributed by atoms with Crippen molar-refractivity contribution in [2.45, 2.75) is 39.7 Å². The summed E-state index contributed by atoms with van der Waals surface area (Å²) in [6.07, 6.45) is 0. The summed E-state index contributed by atoms with van der Waals surface area (Å²) in [5.74, 6) is -0.648. The van der Waals surface area contributed by atoms with Crippen LogP contribution in [0.5, 0.6) is 6.01 Å². The summed E-state index contributed by atoms with van der Waals surface area (Å²) < 4.78 is 4.98. The van der Waals surface area contributed by atoms with Crippen molar-refractivity contribution in [2.75, 3.05) is 12.4 Å². The molecule has 1 aromatic carbocycles. The van der Waals surface area contributed by atoms with Crippen molar-refractivity contribution in [3.8, 4) is 6.01 Å². The van der Waals surface area contributed by atoms with Crippen LogP contribution in [-0.4, -0.2) is 28.2 Å². The maximum Gasteiger partial charge on any atom is 0.355 e. The number of aromatic carboxylic acids is 1. The molecule has 0 bridgehead atoms. The Morgan fingerprint density at radius 2 is 1.83 bits per heavy atom. The lowest BCUT2D eigenvalue weighted by Gasteiger charge is -2.19. The van der Waals surface area contributed by atoms with E-state index < -0.39 is 5.97 Å². The minimum absolute atomic E-state index is 0.0311. The maximum absolute atomic E-state index is 11.3. The molecule has 2 rings (SSSR count). The van der Waals surface area contributed by atoms with E-state index in [0.29, 0.717) is 17.9 Å². The third-order valence-corrected chi connectivity index (χ3v) is 3.79. The molecule has 2 aromatic rings. The van der Waals surface area contributed by atoms with E-state index in [9.17, 15) is 9.90 Å². The molecule has 0 amide bonds. The maximum atomic E-state index is 11.3. The highest BCUT2D eigenvalue weighted by Crippen LogP contribution is 2.23. The fourth-order valence-corrected chi connectivity index (χ4v) is 2.28. The van der Waals surface area contributed by atoms with Gasteiger partial charge in [-0.15, -0.1) is 0 Å². The molecule has 1 heterocycles. The molecule has 0 radical (unpaired) electrons. The minimum atomic E-state index is -1.11. The van der Waals surface area contributed by atoms with Gasteiger partial charge in [0.15, 0.2) is 5.69 Å². The quantitative estimate of drug-likeness (QED) is 0.874. The van der Waals surface area contributed by atoms with Gasteiger partial charge in [-0.2, -0.15) is 9.97 Å². The molecule has 0 fully saturated rings. The monoisotopic (exact) mass is 329 g/mol. The number of ether oxygens (including phenoxy) is 1. The van der Waals surface area contributed by atoms with Gasteiger partial charge in [-0.1, -0.05) is 45.0 Å². The van der Waals surface area contributed by atoms with Crippen LogP contribution in [0.1, 0.15) is 48.0 Å². The van der Waals surface area contributed by atoms with Gasteiger partial charge in [0.05, 0.1) is 7.11 Å². The Morgan fingerprint density at radius 3 is 2.33 bits per heavy atom. The summed E-state index contributed by atoms with van der Waals surface area (Å²) in [5.41, 5.74) is 2.87. The van der Waals surface area contributed by atoms with Crippen molar-refractivity contribution in [1.29, 1.82) is 0 Å². The number of hydrogen-bond acceptors (Lipinski definition) is 5. The van der Waals surface area contributed by atoms with Crippen LogP contribution < -0.4 is 10.1 Å². The van der Waals surface area contributed by atoms with Crippen LogP contribution in [0.25, 0.3) is 0 Å². The minimum Gasteiger partial charge on any atom is -0.476 e.